The van der Waals surface area contributed by atoms with E-state index in [9.17, 15) is 9.59 Å². The number of rotatable bonds is 8. The number of carbonyl (C=O) groups is 2. The molecule has 9 nitrogen and oxygen atoms in total. The number of aryl methyl sites for hydroxylation is 2. The van der Waals surface area contributed by atoms with E-state index in [1.54, 1.807) is 32.3 Å². The predicted molar refractivity (Wildman–Crippen MR) is 124 cm³/mol. The zero-order valence-electron chi connectivity index (χ0n) is 18.2. The number of nitrogens with zero attached hydrogens (tertiary/aromatic N) is 3. The van der Waals surface area contributed by atoms with Gasteiger partial charge in [-0.15, -0.1) is 0 Å². The predicted octanol–water partition coefficient (Wildman–Crippen LogP) is 3.22. The van der Waals surface area contributed by atoms with Gasteiger partial charge in [0.1, 0.15) is 0 Å². The molecule has 3 rings (SSSR count). The lowest BCUT2D eigenvalue weighted by atomic mass is 10.2. The smallest absolute Gasteiger partial charge is 0.319 e. The Morgan fingerprint density at radius 3 is 1.62 bits per heavy atom. The van der Waals surface area contributed by atoms with Crippen molar-refractivity contribution in [3.05, 3.63) is 77.6 Å². The second-order valence-corrected chi connectivity index (χ2v) is 7.16. The number of aromatic nitrogens is 3. The number of carbonyl (C=O) groups excluding carboxylic acids is 2. The Morgan fingerprint density at radius 1 is 0.750 bits per heavy atom. The van der Waals surface area contributed by atoms with Gasteiger partial charge in [-0.2, -0.15) is 0 Å². The van der Waals surface area contributed by atoms with Gasteiger partial charge in [-0.3, -0.25) is 15.0 Å². The number of hydrogen-bond donors (Lipinski definition) is 4. The second kappa shape index (κ2) is 11.4. The Morgan fingerprint density at radius 2 is 1.22 bits per heavy atom. The lowest BCUT2D eigenvalue weighted by Gasteiger charge is -2.14. The van der Waals surface area contributed by atoms with Crippen molar-refractivity contribution in [1.82, 2.24) is 25.6 Å². The molecule has 3 aromatic rings. The highest BCUT2D eigenvalue weighted by Gasteiger charge is 2.11. The molecule has 0 spiro atoms. The highest BCUT2D eigenvalue weighted by Crippen LogP contribution is 2.21. The lowest BCUT2D eigenvalue weighted by Crippen LogP contribution is -2.32. The first-order valence-corrected chi connectivity index (χ1v) is 10.4. The Labute approximate surface area is 187 Å². The summed E-state index contributed by atoms with van der Waals surface area (Å²) in [5.41, 5.74) is 4.17. The zero-order chi connectivity index (χ0) is 22.8. The molecule has 0 fully saturated rings. The van der Waals surface area contributed by atoms with Gasteiger partial charge in [-0.1, -0.05) is 12.1 Å². The molecule has 0 bridgehead atoms. The van der Waals surface area contributed by atoms with Crippen LogP contribution in [0, 0.1) is 13.8 Å². The number of pyridine rings is 3. The molecular weight excluding hydrogens is 406 g/mol. The van der Waals surface area contributed by atoms with Crippen LogP contribution >= 0.6 is 0 Å². The molecule has 0 aliphatic carbocycles. The Bertz CT molecular complexity index is 962. The van der Waals surface area contributed by atoms with E-state index in [0.717, 1.165) is 11.4 Å². The SMILES string of the molecule is Cc1nc(C)c(NC(=O)NCCc2ccccn2)cc1NC(=O)NCCc1ccccn1. The summed E-state index contributed by atoms with van der Waals surface area (Å²) in [7, 11) is 0. The molecule has 3 aromatic heterocycles. The maximum atomic E-state index is 12.3. The van der Waals surface area contributed by atoms with Crippen molar-refractivity contribution < 1.29 is 9.59 Å². The maximum Gasteiger partial charge on any atom is 0.319 e. The lowest BCUT2D eigenvalue weighted by molar-refractivity contribution is 0.251. The fraction of sp³-hybridized carbons (Fsp3) is 0.261. The summed E-state index contributed by atoms with van der Waals surface area (Å²) in [5.74, 6) is 0. The first-order valence-electron chi connectivity index (χ1n) is 10.4. The maximum absolute atomic E-state index is 12.3. The summed E-state index contributed by atoms with van der Waals surface area (Å²) in [4.78, 5) is 37.4. The molecule has 0 aliphatic heterocycles. The first kappa shape index (κ1) is 22.7. The van der Waals surface area contributed by atoms with E-state index in [1.165, 1.54) is 0 Å². The van der Waals surface area contributed by atoms with Crippen LogP contribution < -0.4 is 21.3 Å². The summed E-state index contributed by atoms with van der Waals surface area (Å²) in [6.45, 7) is 4.50. The number of anilines is 2. The molecule has 0 aliphatic rings. The van der Waals surface area contributed by atoms with E-state index in [2.05, 4.69) is 36.2 Å². The van der Waals surface area contributed by atoms with Crippen molar-refractivity contribution in [3.63, 3.8) is 0 Å². The largest absolute Gasteiger partial charge is 0.337 e. The van der Waals surface area contributed by atoms with Gasteiger partial charge in [-0.25, -0.2) is 9.59 Å². The van der Waals surface area contributed by atoms with Crippen LogP contribution in [0.3, 0.4) is 0 Å². The van der Waals surface area contributed by atoms with E-state index in [0.29, 0.717) is 48.7 Å². The summed E-state index contributed by atoms with van der Waals surface area (Å²) < 4.78 is 0. The van der Waals surface area contributed by atoms with Crippen LogP contribution in [0.15, 0.2) is 54.9 Å². The minimum absolute atomic E-state index is 0.347. The fourth-order valence-electron chi connectivity index (χ4n) is 3.01. The van der Waals surface area contributed by atoms with Gasteiger partial charge >= 0.3 is 12.1 Å². The van der Waals surface area contributed by atoms with Crippen molar-refractivity contribution in [2.45, 2.75) is 26.7 Å². The number of urea groups is 2. The molecule has 3 heterocycles. The van der Waals surface area contributed by atoms with Crippen LogP contribution in [0.4, 0.5) is 21.0 Å². The normalized spacial score (nSPS) is 10.3. The molecule has 0 radical (unpaired) electrons. The monoisotopic (exact) mass is 433 g/mol. The molecule has 32 heavy (non-hydrogen) atoms. The first-order chi connectivity index (χ1) is 15.5. The van der Waals surface area contributed by atoms with E-state index in [1.807, 2.05) is 36.4 Å². The van der Waals surface area contributed by atoms with Gasteiger partial charge in [-0.05, 0) is 44.2 Å². The summed E-state index contributed by atoms with van der Waals surface area (Å²) >= 11 is 0. The van der Waals surface area contributed by atoms with Crippen molar-refractivity contribution in [3.8, 4) is 0 Å². The van der Waals surface area contributed by atoms with Gasteiger partial charge < -0.3 is 21.3 Å². The molecule has 0 aromatic carbocycles. The summed E-state index contributed by atoms with van der Waals surface area (Å²) in [5, 5.41) is 11.2. The molecule has 4 N–H and O–H groups in total. The van der Waals surface area contributed by atoms with Gasteiger partial charge in [0.25, 0.3) is 0 Å². The minimum atomic E-state index is -0.347. The zero-order valence-corrected chi connectivity index (χ0v) is 18.2. The van der Waals surface area contributed by atoms with Crippen LogP contribution in [-0.4, -0.2) is 40.1 Å². The molecule has 9 heteroatoms. The standard InChI is InChI=1S/C23H27N7O2/c1-16-20(29-22(31)26-13-9-18-7-3-5-11-24-18)15-21(17(2)28-16)30-23(32)27-14-10-19-8-4-6-12-25-19/h3-8,11-12,15H,9-10,13-14H2,1-2H3,(H2,26,29,31)(H2,27,30,32). The third kappa shape index (κ3) is 7.05. The van der Waals surface area contributed by atoms with Crippen molar-refractivity contribution >= 4 is 23.4 Å². The second-order valence-electron chi connectivity index (χ2n) is 7.16. The number of nitrogens with one attached hydrogen (secondary N) is 4. The molecular formula is C23H27N7O2. The van der Waals surface area contributed by atoms with Crippen LogP contribution in [0.1, 0.15) is 22.8 Å². The summed E-state index contributed by atoms with van der Waals surface area (Å²) in [6, 6.07) is 12.3. The van der Waals surface area contributed by atoms with E-state index in [-0.39, 0.29) is 12.1 Å². The van der Waals surface area contributed by atoms with E-state index < -0.39 is 0 Å². The van der Waals surface area contributed by atoms with Crippen LogP contribution in [0.2, 0.25) is 0 Å². The van der Waals surface area contributed by atoms with Gasteiger partial charge in [0, 0.05) is 49.7 Å². The Kier molecular flexibility index (Phi) is 8.08. The molecule has 4 amide bonds. The van der Waals surface area contributed by atoms with Gasteiger partial charge in [0.05, 0.1) is 22.8 Å². The van der Waals surface area contributed by atoms with Crippen molar-refractivity contribution in [1.29, 1.82) is 0 Å². The molecule has 0 saturated carbocycles. The topological polar surface area (TPSA) is 121 Å². The van der Waals surface area contributed by atoms with Gasteiger partial charge in [0.2, 0.25) is 0 Å². The highest BCUT2D eigenvalue weighted by molar-refractivity contribution is 5.93. The van der Waals surface area contributed by atoms with E-state index in [4.69, 9.17) is 0 Å². The van der Waals surface area contributed by atoms with Crippen molar-refractivity contribution in [2.24, 2.45) is 0 Å². The molecule has 0 saturated heterocycles. The average Bonchev–Trinajstić information content (AvgIpc) is 2.78. The Hall–Kier alpha value is -4.01. The third-order valence-electron chi connectivity index (χ3n) is 4.69. The number of amides is 4. The highest BCUT2D eigenvalue weighted by atomic mass is 16.2. The van der Waals surface area contributed by atoms with Gasteiger partial charge in [0.15, 0.2) is 0 Å². The molecule has 166 valence electrons. The molecule has 0 atom stereocenters. The van der Waals surface area contributed by atoms with Crippen LogP contribution in [0.5, 0.6) is 0 Å². The third-order valence-corrected chi connectivity index (χ3v) is 4.69. The van der Waals surface area contributed by atoms with Crippen molar-refractivity contribution in [2.75, 3.05) is 23.7 Å². The number of hydrogen-bond acceptors (Lipinski definition) is 5. The fourth-order valence-corrected chi connectivity index (χ4v) is 3.01. The quantitative estimate of drug-likeness (QED) is 0.435. The Balaban J connectivity index is 1.50. The molecule has 0 unspecified atom stereocenters. The summed E-state index contributed by atoms with van der Waals surface area (Å²) in [6.07, 6.45) is 4.70. The van der Waals surface area contributed by atoms with E-state index >= 15 is 0 Å². The minimum Gasteiger partial charge on any atom is -0.337 e. The van der Waals surface area contributed by atoms with Crippen LogP contribution in [0.25, 0.3) is 0 Å². The average molecular weight is 434 g/mol. The van der Waals surface area contributed by atoms with Crippen LogP contribution in [-0.2, 0) is 12.8 Å².